The molecule has 1 saturated heterocycles. The Morgan fingerprint density at radius 3 is 2.93 bits per heavy atom. The number of fused-ring (bicyclic) bond motifs is 1. The molecule has 1 aromatic carbocycles. The molecule has 9 heteroatoms. The molecule has 27 heavy (non-hydrogen) atoms. The molecule has 1 unspecified atom stereocenters. The van der Waals surface area contributed by atoms with Crippen LogP contribution < -0.4 is 10.7 Å². The average Bonchev–Trinajstić information content (AvgIpc) is 3.17. The maximum atomic E-state index is 13.5. The number of H-pyrrole nitrogens is 2. The number of rotatable bonds is 3. The quantitative estimate of drug-likeness (QED) is 0.627. The van der Waals surface area contributed by atoms with E-state index in [1.54, 1.807) is 6.20 Å². The van der Waals surface area contributed by atoms with E-state index in [-0.39, 0.29) is 29.8 Å². The van der Waals surface area contributed by atoms with Crippen molar-refractivity contribution in [2.45, 2.75) is 12.5 Å². The van der Waals surface area contributed by atoms with E-state index in [1.807, 2.05) is 0 Å². The fraction of sp³-hybridized carbons (Fsp3) is 0.222. The Hall–Kier alpha value is -3.49. The topological polar surface area (TPSA) is 111 Å². The van der Waals surface area contributed by atoms with Crippen LogP contribution in [0.3, 0.4) is 0 Å². The molecule has 0 radical (unpaired) electrons. The van der Waals surface area contributed by atoms with Gasteiger partial charge >= 0.3 is 0 Å². The van der Waals surface area contributed by atoms with Gasteiger partial charge in [-0.15, -0.1) is 0 Å². The van der Waals surface area contributed by atoms with Crippen molar-refractivity contribution in [3.05, 3.63) is 64.2 Å². The summed E-state index contributed by atoms with van der Waals surface area (Å²) < 4.78 is 13.5. The third-order valence-corrected chi connectivity index (χ3v) is 4.63. The normalized spacial score (nSPS) is 17.1. The summed E-state index contributed by atoms with van der Waals surface area (Å²) in [6, 6.07) is 3.00. The van der Waals surface area contributed by atoms with Crippen LogP contribution in [0.4, 0.5) is 4.39 Å². The lowest BCUT2D eigenvalue weighted by Gasteiger charge is -2.34. The second-order valence-electron chi connectivity index (χ2n) is 6.31. The molecular formula is C18H16FN5O3. The molecule has 0 saturated carbocycles. The van der Waals surface area contributed by atoms with Gasteiger partial charge in [0.05, 0.1) is 6.33 Å². The number of piperazine rings is 1. The van der Waals surface area contributed by atoms with Crippen LogP contribution in [0.25, 0.3) is 10.9 Å². The molecule has 1 atom stereocenters. The highest BCUT2D eigenvalue weighted by molar-refractivity contribution is 6.00. The van der Waals surface area contributed by atoms with Crippen molar-refractivity contribution < 1.29 is 14.0 Å². The van der Waals surface area contributed by atoms with Gasteiger partial charge in [-0.05, 0) is 18.2 Å². The number of nitrogens with zero attached hydrogens (tertiary/aromatic N) is 2. The predicted molar refractivity (Wildman–Crippen MR) is 94.7 cm³/mol. The summed E-state index contributed by atoms with van der Waals surface area (Å²) in [7, 11) is 0. The van der Waals surface area contributed by atoms with Crippen LogP contribution in [0.5, 0.6) is 0 Å². The van der Waals surface area contributed by atoms with E-state index >= 15 is 0 Å². The standard InChI is InChI=1S/C18H16FN5O3/c19-10-1-2-14-12(5-10)16(25)13(8-22-14)18(27)24-4-3-21-17(26)15(24)6-11-7-20-9-23-11/h1-2,5,7-9,15H,3-4,6H2,(H,20,23)(H,21,26)(H,22,25). The van der Waals surface area contributed by atoms with Gasteiger partial charge in [0.2, 0.25) is 11.3 Å². The van der Waals surface area contributed by atoms with E-state index in [9.17, 15) is 18.8 Å². The number of amides is 2. The van der Waals surface area contributed by atoms with E-state index in [4.69, 9.17) is 0 Å². The van der Waals surface area contributed by atoms with E-state index in [0.717, 1.165) is 6.07 Å². The third-order valence-electron chi connectivity index (χ3n) is 4.63. The van der Waals surface area contributed by atoms with Crippen molar-refractivity contribution in [3.63, 3.8) is 0 Å². The van der Waals surface area contributed by atoms with Gasteiger partial charge in [-0.1, -0.05) is 0 Å². The number of imidazole rings is 1. The number of halogens is 1. The van der Waals surface area contributed by atoms with Crippen molar-refractivity contribution in [3.8, 4) is 0 Å². The number of pyridine rings is 1. The highest BCUT2D eigenvalue weighted by Crippen LogP contribution is 2.15. The molecule has 8 nitrogen and oxygen atoms in total. The minimum absolute atomic E-state index is 0.0902. The summed E-state index contributed by atoms with van der Waals surface area (Å²) in [5.74, 6) is -1.43. The Kier molecular flexibility index (Phi) is 4.19. The maximum Gasteiger partial charge on any atom is 0.260 e. The number of aromatic nitrogens is 3. The van der Waals surface area contributed by atoms with Crippen molar-refractivity contribution in [1.82, 2.24) is 25.2 Å². The molecule has 1 fully saturated rings. The van der Waals surface area contributed by atoms with Gasteiger partial charge in [0, 0.05) is 48.5 Å². The minimum atomic E-state index is -0.769. The second kappa shape index (κ2) is 6.67. The molecule has 0 bridgehead atoms. The molecule has 1 aliphatic rings. The fourth-order valence-corrected chi connectivity index (χ4v) is 3.27. The Bertz CT molecular complexity index is 1080. The summed E-state index contributed by atoms with van der Waals surface area (Å²) in [6.45, 7) is 0.564. The third kappa shape index (κ3) is 3.07. The number of aromatic amines is 2. The highest BCUT2D eigenvalue weighted by atomic mass is 19.1. The van der Waals surface area contributed by atoms with Crippen LogP contribution in [0, 0.1) is 5.82 Å². The van der Waals surface area contributed by atoms with Crippen molar-refractivity contribution in [2.75, 3.05) is 13.1 Å². The molecule has 3 heterocycles. The average molecular weight is 369 g/mol. The Morgan fingerprint density at radius 2 is 2.15 bits per heavy atom. The first-order valence-electron chi connectivity index (χ1n) is 8.41. The Balaban J connectivity index is 1.71. The summed E-state index contributed by atoms with van der Waals surface area (Å²) in [5, 5.41) is 2.82. The van der Waals surface area contributed by atoms with E-state index in [2.05, 4.69) is 20.3 Å². The van der Waals surface area contributed by atoms with Crippen LogP contribution >= 0.6 is 0 Å². The smallest absolute Gasteiger partial charge is 0.260 e. The van der Waals surface area contributed by atoms with Crippen molar-refractivity contribution in [2.24, 2.45) is 0 Å². The van der Waals surface area contributed by atoms with Gasteiger partial charge in [0.25, 0.3) is 5.91 Å². The number of hydrogen-bond acceptors (Lipinski definition) is 4. The number of benzene rings is 1. The molecule has 1 aliphatic heterocycles. The number of hydrogen-bond donors (Lipinski definition) is 3. The molecule has 0 aliphatic carbocycles. The Labute approximate surface area is 152 Å². The van der Waals surface area contributed by atoms with Crippen LogP contribution in [0.2, 0.25) is 0 Å². The molecule has 0 spiro atoms. The summed E-state index contributed by atoms with van der Waals surface area (Å²) in [5.41, 5.74) is 0.435. The lowest BCUT2D eigenvalue weighted by molar-refractivity contribution is -0.127. The highest BCUT2D eigenvalue weighted by Gasteiger charge is 2.35. The number of carbonyl (C=O) groups excluding carboxylic acids is 2. The van der Waals surface area contributed by atoms with Gasteiger partial charge in [0.15, 0.2) is 0 Å². The number of carbonyl (C=O) groups is 2. The second-order valence-corrected chi connectivity index (χ2v) is 6.31. The molecule has 2 amide bonds. The lowest BCUT2D eigenvalue weighted by Crippen LogP contribution is -2.58. The van der Waals surface area contributed by atoms with Gasteiger partial charge in [0.1, 0.15) is 17.4 Å². The molecular weight excluding hydrogens is 353 g/mol. The van der Waals surface area contributed by atoms with Gasteiger partial charge in [-0.25, -0.2) is 9.37 Å². The van der Waals surface area contributed by atoms with E-state index in [1.165, 1.54) is 29.6 Å². The SMILES string of the molecule is O=C1NCCN(C(=O)c2c[nH]c3ccc(F)cc3c2=O)C1Cc1cnc[nH]1. The van der Waals surface area contributed by atoms with Crippen LogP contribution in [0.15, 0.2) is 41.7 Å². The largest absolute Gasteiger partial charge is 0.360 e. The maximum absolute atomic E-state index is 13.5. The zero-order chi connectivity index (χ0) is 19.0. The van der Waals surface area contributed by atoms with Crippen molar-refractivity contribution in [1.29, 1.82) is 0 Å². The van der Waals surface area contributed by atoms with Gasteiger partial charge < -0.3 is 20.2 Å². The monoisotopic (exact) mass is 369 g/mol. The lowest BCUT2D eigenvalue weighted by atomic mass is 10.0. The summed E-state index contributed by atoms with van der Waals surface area (Å²) in [4.78, 5) is 49.1. The molecule has 4 rings (SSSR count). The van der Waals surface area contributed by atoms with E-state index in [0.29, 0.717) is 17.8 Å². The molecule has 3 aromatic rings. The predicted octanol–water partition coefficient (Wildman–Crippen LogP) is 0.574. The van der Waals surface area contributed by atoms with Crippen LogP contribution in [-0.2, 0) is 11.2 Å². The first-order chi connectivity index (χ1) is 13.0. The zero-order valence-corrected chi connectivity index (χ0v) is 14.2. The van der Waals surface area contributed by atoms with Crippen molar-refractivity contribution >= 4 is 22.7 Å². The zero-order valence-electron chi connectivity index (χ0n) is 14.2. The number of nitrogens with one attached hydrogen (secondary N) is 3. The molecule has 138 valence electrons. The van der Waals surface area contributed by atoms with Gasteiger partial charge in [-0.3, -0.25) is 14.4 Å². The van der Waals surface area contributed by atoms with Crippen LogP contribution in [-0.4, -0.2) is 50.8 Å². The first kappa shape index (κ1) is 17.0. The minimum Gasteiger partial charge on any atom is -0.360 e. The molecule has 2 aromatic heterocycles. The summed E-state index contributed by atoms with van der Waals surface area (Å²) in [6.07, 6.45) is 4.63. The van der Waals surface area contributed by atoms with Crippen LogP contribution in [0.1, 0.15) is 16.1 Å². The molecule has 3 N–H and O–H groups in total. The summed E-state index contributed by atoms with van der Waals surface area (Å²) >= 11 is 0. The fourth-order valence-electron chi connectivity index (χ4n) is 3.27. The van der Waals surface area contributed by atoms with Gasteiger partial charge in [-0.2, -0.15) is 0 Å². The van der Waals surface area contributed by atoms with E-state index < -0.39 is 23.2 Å². The first-order valence-corrected chi connectivity index (χ1v) is 8.41. The Morgan fingerprint density at radius 1 is 1.30 bits per heavy atom.